The van der Waals surface area contributed by atoms with Crippen LogP contribution in [0.5, 0.6) is 17.2 Å². The minimum atomic E-state index is 0.366. The number of hydrogen-bond acceptors (Lipinski definition) is 4. The molecule has 5 rings (SSSR count). The fraction of sp³-hybridized carbons (Fsp3) is 0.556. The van der Waals surface area contributed by atoms with Gasteiger partial charge in [0.25, 0.3) is 0 Å². The average Bonchev–Trinajstić information content (AvgIpc) is 2.83. The van der Waals surface area contributed by atoms with Gasteiger partial charge in [0.15, 0.2) is 11.5 Å². The normalized spacial score (nSPS) is 27.2. The standard InChI is InChI=1S/C27H35NO3/c1-29-21-9-8-20-17-24-22-6-4-5-12-27(22,23(20)18-21)13-15-28(24)14-11-19-7-10-25(30-2)26(16-19)31-3/h7-10,16,18,22,24H,4-6,11-15,17H2,1-3H3/t22-,24-,27-/m0/s1. The summed E-state index contributed by atoms with van der Waals surface area (Å²) in [7, 11) is 5.20. The van der Waals surface area contributed by atoms with Gasteiger partial charge in [-0.15, -0.1) is 0 Å². The number of rotatable bonds is 6. The number of ether oxygens (including phenoxy) is 3. The van der Waals surface area contributed by atoms with Crippen molar-refractivity contribution in [1.82, 2.24) is 4.90 Å². The summed E-state index contributed by atoms with van der Waals surface area (Å²) in [6.45, 7) is 2.31. The molecule has 1 aliphatic heterocycles. The van der Waals surface area contributed by atoms with Crippen LogP contribution in [0.2, 0.25) is 0 Å². The highest BCUT2D eigenvalue weighted by Gasteiger charge is 2.53. The highest BCUT2D eigenvalue weighted by atomic mass is 16.5. The summed E-state index contributed by atoms with van der Waals surface area (Å²) in [5, 5.41) is 0. The van der Waals surface area contributed by atoms with E-state index in [-0.39, 0.29) is 0 Å². The predicted octanol–water partition coefficient (Wildman–Crippen LogP) is 5.01. The van der Waals surface area contributed by atoms with Gasteiger partial charge in [-0.25, -0.2) is 0 Å². The Morgan fingerprint density at radius 3 is 2.61 bits per heavy atom. The maximum atomic E-state index is 5.61. The van der Waals surface area contributed by atoms with E-state index in [0.717, 1.165) is 36.1 Å². The van der Waals surface area contributed by atoms with Gasteiger partial charge in [-0.1, -0.05) is 25.0 Å². The molecule has 0 radical (unpaired) electrons. The van der Waals surface area contributed by atoms with Gasteiger partial charge < -0.3 is 14.2 Å². The zero-order valence-corrected chi connectivity index (χ0v) is 19.2. The van der Waals surface area contributed by atoms with E-state index in [4.69, 9.17) is 14.2 Å². The fourth-order valence-electron chi connectivity index (χ4n) is 6.78. The number of fused-ring (bicyclic) bond motifs is 1. The third kappa shape index (κ3) is 3.49. The lowest BCUT2D eigenvalue weighted by molar-refractivity contribution is -0.0107. The number of likely N-dealkylation sites (tertiary alicyclic amines) is 1. The maximum absolute atomic E-state index is 5.61. The van der Waals surface area contributed by atoms with Crippen molar-refractivity contribution >= 4 is 0 Å². The zero-order valence-electron chi connectivity index (χ0n) is 19.2. The van der Waals surface area contributed by atoms with Crippen LogP contribution < -0.4 is 14.2 Å². The maximum Gasteiger partial charge on any atom is 0.160 e. The lowest BCUT2D eigenvalue weighted by Gasteiger charge is -2.59. The molecule has 0 aromatic heterocycles. The summed E-state index contributed by atoms with van der Waals surface area (Å²) in [6, 6.07) is 13.9. The molecule has 3 atom stereocenters. The van der Waals surface area contributed by atoms with E-state index in [1.165, 1.54) is 50.6 Å². The Kier molecular flexibility index (Phi) is 5.60. The number of nitrogens with zero attached hydrogens (tertiary/aromatic N) is 1. The first-order valence-corrected chi connectivity index (χ1v) is 11.8. The van der Waals surface area contributed by atoms with Crippen molar-refractivity contribution in [1.29, 1.82) is 0 Å². The summed E-state index contributed by atoms with van der Waals surface area (Å²) < 4.78 is 16.5. The van der Waals surface area contributed by atoms with Crippen molar-refractivity contribution in [3.63, 3.8) is 0 Å². The Labute approximate surface area is 186 Å². The lowest BCUT2D eigenvalue weighted by Crippen LogP contribution is -2.61. The molecule has 2 bridgehead atoms. The molecule has 0 amide bonds. The predicted molar refractivity (Wildman–Crippen MR) is 124 cm³/mol. The molecule has 0 unspecified atom stereocenters. The molecule has 4 heteroatoms. The van der Waals surface area contributed by atoms with E-state index < -0.39 is 0 Å². The van der Waals surface area contributed by atoms with Gasteiger partial charge >= 0.3 is 0 Å². The van der Waals surface area contributed by atoms with Crippen molar-refractivity contribution in [2.24, 2.45) is 5.92 Å². The second-order valence-electron chi connectivity index (χ2n) is 9.53. The molecule has 2 fully saturated rings. The van der Waals surface area contributed by atoms with E-state index in [1.54, 1.807) is 32.5 Å². The third-order valence-corrected chi connectivity index (χ3v) is 8.29. The molecule has 1 heterocycles. The first-order chi connectivity index (χ1) is 15.2. The molecular formula is C27H35NO3. The Morgan fingerprint density at radius 2 is 1.81 bits per heavy atom. The summed E-state index contributed by atoms with van der Waals surface area (Å²) in [4.78, 5) is 2.79. The minimum absolute atomic E-state index is 0.366. The second-order valence-corrected chi connectivity index (χ2v) is 9.53. The minimum Gasteiger partial charge on any atom is -0.497 e. The fourth-order valence-corrected chi connectivity index (χ4v) is 6.78. The van der Waals surface area contributed by atoms with Crippen LogP contribution in [0, 0.1) is 5.92 Å². The largest absolute Gasteiger partial charge is 0.497 e. The van der Waals surface area contributed by atoms with Crippen LogP contribution in [0.1, 0.15) is 48.8 Å². The van der Waals surface area contributed by atoms with Crippen LogP contribution in [0.3, 0.4) is 0 Å². The van der Waals surface area contributed by atoms with Crippen molar-refractivity contribution in [2.45, 2.75) is 56.4 Å². The molecule has 1 saturated heterocycles. The van der Waals surface area contributed by atoms with Crippen LogP contribution in [0.4, 0.5) is 0 Å². The Hall–Kier alpha value is -2.20. The Bertz CT molecular complexity index is 942. The molecule has 2 aromatic rings. The lowest BCUT2D eigenvalue weighted by atomic mass is 9.52. The van der Waals surface area contributed by atoms with Crippen molar-refractivity contribution in [3.8, 4) is 17.2 Å². The van der Waals surface area contributed by atoms with E-state index in [1.807, 2.05) is 6.07 Å². The zero-order chi connectivity index (χ0) is 21.4. The molecule has 1 saturated carbocycles. The van der Waals surface area contributed by atoms with Gasteiger partial charge in [-0.2, -0.15) is 0 Å². The number of methoxy groups -OCH3 is 3. The highest BCUT2D eigenvalue weighted by Crippen LogP contribution is 2.56. The summed E-state index contributed by atoms with van der Waals surface area (Å²) in [5.74, 6) is 3.42. The van der Waals surface area contributed by atoms with Crippen LogP contribution >= 0.6 is 0 Å². The van der Waals surface area contributed by atoms with Crippen molar-refractivity contribution in [3.05, 3.63) is 53.1 Å². The van der Waals surface area contributed by atoms with Crippen molar-refractivity contribution < 1.29 is 14.2 Å². The van der Waals surface area contributed by atoms with Crippen molar-refractivity contribution in [2.75, 3.05) is 34.4 Å². The smallest absolute Gasteiger partial charge is 0.160 e. The summed E-state index contributed by atoms with van der Waals surface area (Å²) in [6.07, 6.45) is 8.97. The average molecular weight is 422 g/mol. The van der Waals surface area contributed by atoms with Gasteiger partial charge in [0.1, 0.15) is 5.75 Å². The number of piperidine rings is 1. The van der Waals surface area contributed by atoms with Gasteiger partial charge in [-0.05, 0) is 85.5 Å². The Morgan fingerprint density at radius 1 is 0.935 bits per heavy atom. The van der Waals surface area contributed by atoms with Crippen LogP contribution in [0.15, 0.2) is 36.4 Å². The SMILES string of the molecule is COc1ccc2c(c1)[C@]13CCCC[C@H]1[C@H](C2)N(CCc1ccc(OC)c(OC)c1)CC3. The Balaban J connectivity index is 1.39. The first kappa shape index (κ1) is 20.7. The highest BCUT2D eigenvalue weighted by molar-refractivity contribution is 5.46. The molecule has 3 aliphatic rings. The van der Waals surface area contributed by atoms with Crippen LogP contribution in [-0.4, -0.2) is 45.4 Å². The molecule has 166 valence electrons. The number of benzene rings is 2. The quantitative estimate of drug-likeness (QED) is 0.656. The van der Waals surface area contributed by atoms with E-state index in [2.05, 4.69) is 35.2 Å². The van der Waals surface area contributed by atoms with Gasteiger partial charge in [0, 0.05) is 18.0 Å². The molecular weight excluding hydrogens is 386 g/mol. The van der Waals surface area contributed by atoms with Gasteiger partial charge in [-0.3, -0.25) is 4.90 Å². The molecule has 0 N–H and O–H groups in total. The summed E-state index contributed by atoms with van der Waals surface area (Å²) >= 11 is 0. The molecule has 2 aliphatic carbocycles. The van der Waals surface area contributed by atoms with E-state index in [0.29, 0.717) is 11.5 Å². The second kappa shape index (κ2) is 8.38. The van der Waals surface area contributed by atoms with Gasteiger partial charge in [0.05, 0.1) is 21.3 Å². The van der Waals surface area contributed by atoms with Crippen LogP contribution in [0.25, 0.3) is 0 Å². The molecule has 31 heavy (non-hydrogen) atoms. The molecule has 0 spiro atoms. The molecule has 2 aromatic carbocycles. The van der Waals surface area contributed by atoms with Crippen LogP contribution in [-0.2, 0) is 18.3 Å². The van der Waals surface area contributed by atoms with E-state index >= 15 is 0 Å². The third-order valence-electron chi connectivity index (χ3n) is 8.29. The monoisotopic (exact) mass is 421 g/mol. The van der Waals surface area contributed by atoms with E-state index in [9.17, 15) is 0 Å². The van der Waals surface area contributed by atoms with Gasteiger partial charge in [0.2, 0.25) is 0 Å². The number of hydrogen-bond donors (Lipinski definition) is 0. The molecule has 4 nitrogen and oxygen atoms in total. The topological polar surface area (TPSA) is 30.9 Å². The first-order valence-electron chi connectivity index (χ1n) is 11.8. The summed E-state index contributed by atoms with van der Waals surface area (Å²) in [5.41, 5.74) is 4.84.